The van der Waals surface area contributed by atoms with Gasteiger partial charge in [-0.3, -0.25) is 4.79 Å². The summed E-state index contributed by atoms with van der Waals surface area (Å²) in [6.45, 7) is 7.52. The van der Waals surface area contributed by atoms with Gasteiger partial charge < -0.3 is 14.7 Å². The molecule has 18 heavy (non-hydrogen) atoms. The molecule has 0 atom stereocenters. The first-order valence-electron chi connectivity index (χ1n) is 5.87. The molecule has 6 heteroatoms. The predicted molar refractivity (Wildman–Crippen MR) is 67.9 cm³/mol. The van der Waals surface area contributed by atoms with Gasteiger partial charge in [0.15, 0.2) is 0 Å². The second-order valence-corrected chi connectivity index (χ2v) is 4.50. The predicted octanol–water partition coefficient (Wildman–Crippen LogP) is 1.56. The van der Waals surface area contributed by atoms with Gasteiger partial charge in [-0.1, -0.05) is 0 Å². The summed E-state index contributed by atoms with van der Waals surface area (Å²) in [6, 6.07) is 1.69. The molecule has 0 amide bonds. The van der Waals surface area contributed by atoms with Gasteiger partial charge in [-0.25, -0.2) is 9.97 Å². The van der Waals surface area contributed by atoms with E-state index in [0.717, 1.165) is 0 Å². The quantitative estimate of drug-likeness (QED) is 0.829. The Morgan fingerprint density at radius 3 is 2.56 bits per heavy atom. The number of hydrogen-bond acceptors (Lipinski definition) is 5. The molecule has 0 aliphatic rings. The molecular formula is C12H19N3O3. The van der Waals surface area contributed by atoms with E-state index in [0.29, 0.717) is 11.7 Å². The van der Waals surface area contributed by atoms with Crippen LogP contribution in [-0.4, -0.2) is 39.7 Å². The van der Waals surface area contributed by atoms with Crippen LogP contribution in [0.3, 0.4) is 0 Å². The van der Waals surface area contributed by atoms with E-state index in [1.165, 1.54) is 6.33 Å². The Morgan fingerprint density at radius 1 is 1.39 bits per heavy atom. The maximum Gasteiger partial charge on any atom is 0.323 e. The van der Waals surface area contributed by atoms with Gasteiger partial charge in [-0.2, -0.15) is 0 Å². The highest BCUT2D eigenvalue weighted by Crippen LogP contribution is 2.18. The monoisotopic (exact) mass is 253 g/mol. The van der Waals surface area contributed by atoms with Gasteiger partial charge in [0.05, 0.1) is 6.10 Å². The molecule has 100 valence electrons. The van der Waals surface area contributed by atoms with Crippen LogP contribution in [0.25, 0.3) is 0 Å². The van der Waals surface area contributed by atoms with E-state index in [4.69, 9.17) is 9.84 Å². The maximum absolute atomic E-state index is 10.8. The van der Waals surface area contributed by atoms with Gasteiger partial charge >= 0.3 is 5.97 Å². The number of carboxylic acid groups (broad SMARTS) is 1. The summed E-state index contributed by atoms with van der Waals surface area (Å²) in [7, 11) is 0. The van der Waals surface area contributed by atoms with Gasteiger partial charge in [0.1, 0.15) is 18.7 Å². The molecule has 1 N–H and O–H groups in total. The van der Waals surface area contributed by atoms with Crippen LogP contribution >= 0.6 is 0 Å². The highest BCUT2D eigenvalue weighted by Gasteiger charge is 2.16. The zero-order valence-corrected chi connectivity index (χ0v) is 11.1. The standard InChI is InChI=1S/C12H19N3O3/c1-8(2)15(6-12(16)17)10-5-11(14-7-13-10)18-9(3)4/h5,7-9H,6H2,1-4H3,(H,16,17). The Balaban J connectivity index is 2.94. The van der Waals surface area contributed by atoms with Gasteiger partial charge in [0.2, 0.25) is 5.88 Å². The summed E-state index contributed by atoms with van der Waals surface area (Å²) < 4.78 is 5.46. The first-order chi connectivity index (χ1) is 8.40. The van der Waals surface area contributed by atoms with Crippen LogP contribution in [0.2, 0.25) is 0 Å². The third kappa shape index (κ3) is 4.20. The van der Waals surface area contributed by atoms with E-state index in [9.17, 15) is 4.79 Å². The zero-order valence-electron chi connectivity index (χ0n) is 11.1. The highest BCUT2D eigenvalue weighted by atomic mass is 16.5. The molecule has 6 nitrogen and oxygen atoms in total. The van der Waals surface area contributed by atoms with Gasteiger partial charge in [-0.15, -0.1) is 0 Å². The van der Waals surface area contributed by atoms with Crippen LogP contribution < -0.4 is 9.64 Å². The van der Waals surface area contributed by atoms with Crippen molar-refractivity contribution in [3.05, 3.63) is 12.4 Å². The maximum atomic E-state index is 10.8. The van der Waals surface area contributed by atoms with Gasteiger partial charge in [-0.05, 0) is 27.7 Å². The first-order valence-corrected chi connectivity index (χ1v) is 5.87. The van der Waals surface area contributed by atoms with E-state index in [1.54, 1.807) is 11.0 Å². The fourth-order valence-corrected chi connectivity index (χ4v) is 1.47. The normalized spacial score (nSPS) is 10.8. The highest BCUT2D eigenvalue weighted by molar-refractivity contribution is 5.73. The molecule has 0 bridgehead atoms. The number of carbonyl (C=O) groups is 1. The summed E-state index contributed by atoms with van der Waals surface area (Å²) in [4.78, 5) is 20.6. The lowest BCUT2D eigenvalue weighted by Gasteiger charge is -2.26. The summed E-state index contributed by atoms with van der Waals surface area (Å²) >= 11 is 0. The molecule has 0 saturated heterocycles. The van der Waals surface area contributed by atoms with Crippen molar-refractivity contribution in [3.63, 3.8) is 0 Å². The number of anilines is 1. The second kappa shape index (κ2) is 6.18. The molecule has 0 unspecified atom stereocenters. The Kier molecular flexibility index (Phi) is 4.88. The van der Waals surface area contributed by atoms with Gasteiger partial charge in [0, 0.05) is 12.1 Å². The van der Waals surface area contributed by atoms with Crippen molar-refractivity contribution in [2.24, 2.45) is 0 Å². The van der Waals surface area contributed by atoms with Crippen LogP contribution in [0.4, 0.5) is 5.82 Å². The smallest absolute Gasteiger partial charge is 0.323 e. The van der Waals surface area contributed by atoms with Gasteiger partial charge in [0.25, 0.3) is 0 Å². The molecule has 0 radical (unpaired) electrons. The van der Waals surface area contributed by atoms with Crippen molar-refractivity contribution in [2.45, 2.75) is 39.8 Å². The number of ether oxygens (including phenoxy) is 1. The van der Waals surface area contributed by atoms with Crippen LogP contribution in [0.1, 0.15) is 27.7 Å². The summed E-state index contributed by atoms with van der Waals surface area (Å²) in [5.41, 5.74) is 0. The summed E-state index contributed by atoms with van der Waals surface area (Å²) in [5, 5.41) is 8.89. The Hall–Kier alpha value is -1.85. The van der Waals surface area contributed by atoms with E-state index in [2.05, 4.69) is 9.97 Å². The number of aromatic nitrogens is 2. The minimum Gasteiger partial charge on any atom is -0.480 e. The van der Waals surface area contributed by atoms with Crippen LogP contribution in [-0.2, 0) is 4.79 Å². The largest absolute Gasteiger partial charge is 0.480 e. The fourth-order valence-electron chi connectivity index (χ4n) is 1.47. The van der Waals surface area contributed by atoms with Crippen LogP contribution in [0.5, 0.6) is 5.88 Å². The minimum atomic E-state index is -0.895. The van der Waals surface area contributed by atoms with E-state index >= 15 is 0 Å². The Bertz CT molecular complexity index is 407. The minimum absolute atomic E-state index is 0.0136. The topological polar surface area (TPSA) is 75.5 Å². The number of hydrogen-bond donors (Lipinski definition) is 1. The van der Waals surface area contributed by atoms with E-state index in [-0.39, 0.29) is 18.7 Å². The number of carboxylic acids is 1. The third-order valence-electron chi connectivity index (χ3n) is 2.21. The Morgan fingerprint density at radius 2 is 2.06 bits per heavy atom. The second-order valence-electron chi connectivity index (χ2n) is 4.50. The first kappa shape index (κ1) is 14.2. The zero-order chi connectivity index (χ0) is 13.7. The molecule has 1 heterocycles. The SMILES string of the molecule is CC(C)Oc1cc(N(CC(=O)O)C(C)C)ncn1. The molecule has 1 aromatic rings. The lowest BCUT2D eigenvalue weighted by Crippen LogP contribution is -2.36. The molecule has 0 aromatic carbocycles. The summed E-state index contributed by atoms with van der Waals surface area (Å²) in [5.74, 6) is 0.109. The van der Waals surface area contributed by atoms with E-state index in [1.807, 2.05) is 27.7 Å². The number of nitrogens with zero attached hydrogens (tertiary/aromatic N) is 3. The lowest BCUT2D eigenvalue weighted by atomic mass is 10.3. The average molecular weight is 253 g/mol. The molecule has 1 aromatic heterocycles. The van der Waals surface area contributed by atoms with E-state index < -0.39 is 5.97 Å². The molecule has 0 saturated carbocycles. The molecular weight excluding hydrogens is 234 g/mol. The number of aliphatic carboxylic acids is 1. The third-order valence-corrected chi connectivity index (χ3v) is 2.21. The van der Waals surface area contributed by atoms with Crippen LogP contribution in [0, 0.1) is 0 Å². The van der Waals surface area contributed by atoms with Crippen molar-refractivity contribution in [2.75, 3.05) is 11.4 Å². The van der Waals surface area contributed by atoms with Crippen LogP contribution in [0.15, 0.2) is 12.4 Å². The molecule has 0 spiro atoms. The van der Waals surface area contributed by atoms with Crippen molar-refractivity contribution in [3.8, 4) is 5.88 Å². The summed E-state index contributed by atoms with van der Waals surface area (Å²) in [6.07, 6.45) is 1.39. The fraction of sp³-hybridized carbons (Fsp3) is 0.583. The van der Waals surface area contributed by atoms with Crippen molar-refractivity contribution in [1.29, 1.82) is 0 Å². The Labute approximate surface area is 107 Å². The molecule has 0 aliphatic heterocycles. The molecule has 0 fully saturated rings. The van der Waals surface area contributed by atoms with Crippen molar-refractivity contribution >= 4 is 11.8 Å². The number of rotatable bonds is 6. The molecule has 1 rings (SSSR count). The lowest BCUT2D eigenvalue weighted by molar-refractivity contribution is -0.135. The average Bonchev–Trinajstić information content (AvgIpc) is 2.24. The molecule has 0 aliphatic carbocycles. The van der Waals surface area contributed by atoms with Crippen molar-refractivity contribution < 1.29 is 14.6 Å². The van der Waals surface area contributed by atoms with Crippen molar-refractivity contribution in [1.82, 2.24) is 9.97 Å².